The van der Waals surface area contributed by atoms with Crippen molar-refractivity contribution in [3.63, 3.8) is 0 Å². The molecule has 156 valence electrons. The van der Waals surface area contributed by atoms with Gasteiger partial charge in [0.15, 0.2) is 0 Å². The smallest absolute Gasteiger partial charge is 0.330 e. The fraction of sp³-hybridized carbons (Fsp3) is 0.261. The van der Waals surface area contributed by atoms with E-state index in [4.69, 9.17) is 14.2 Å². The van der Waals surface area contributed by atoms with Crippen LogP contribution in [0.15, 0.2) is 54.7 Å². The topological polar surface area (TPSA) is 86.8 Å². The van der Waals surface area contributed by atoms with Crippen molar-refractivity contribution in [2.24, 2.45) is 0 Å². The van der Waals surface area contributed by atoms with Crippen molar-refractivity contribution >= 4 is 22.6 Å². The molecule has 0 aliphatic rings. The Balaban J connectivity index is 1.94. The minimum Gasteiger partial charge on any atom is -0.487 e. The van der Waals surface area contributed by atoms with Crippen LogP contribution in [0.4, 0.5) is 0 Å². The van der Waals surface area contributed by atoms with Crippen LogP contribution in [0.1, 0.15) is 29.8 Å². The monoisotopic (exact) mass is 408 g/mol. The molecule has 30 heavy (non-hydrogen) atoms. The Morgan fingerprint density at radius 1 is 1.03 bits per heavy atom. The second kappa shape index (κ2) is 8.82. The third-order valence-electron chi connectivity index (χ3n) is 4.64. The van der Waals surface area contributed by atoms with Crippen LogP contribution in [-0.2, 0) is 16.1 Å². The number of aromatic nitrogens is 1. The number of amides is 1. The van der Waals surface area contributed by atoms with Crippen molar-refractivity contribution in [2.45, 2.75) is 26.0 Å². The Kier molecular flexibility index (Phi) is 6.20. The van der Waals surface area contributed by atoms with Crippen molar-refractivity contribution in [1.29, 1.82) is 0 Å². The average Bonchev–Trinajstić information content (AvgIpc) is 2.76. The SMILES string of the molecule is COC(=O)C(C)(C)NC(=O)c1ccc2ccccc2c1OCc1ccc(OC)nc1. The zero-order valence-electron chi connectivity index (χ0n) is 17.4. The fourth-order valence-electron chi connectivity index (χ4n) is 3.01. The molecule has 0 fully saturated rings. The van der Waals surface area contributed by atoms with E-state index in [1.807, 2.05) is 36.4 Å². The van der Waals surface area contributed by atoms with Gasteiger partial charge in [-0.1, -0.05) is 30.3 Å². The van der Waals surface area contributed by atoms with Gasteiger partial charge in [-0.05, 0) is 31.4 Å². The van der Waals surface area contributed by atoms with Crippen LogP contribution >= 0.6 is 0 Å². The first-order chi connectivity index (χ1) is 14.4. The van der Waals surface area contributed by atoms with Crippen LogP contribution in [-0.4, -0.2) is 36.6 Å². The van der Waals surface area contributed by atoms with E-state index in [2.05, 4.69) is 10.3 Å². The van der Waals surface area contributed by atoms with Gasteiger partial charge in [-0.3, -0.25) is 4.79 Å². The number of nitrogens with zero attached hydrogens (tertiary/aromatic N) is 1. The number of carbonyl (C=O) groups is 2. The number of hydrogen-bond acceptors (Lipinski definition) is 6. The predicted octanol–water partition coefficient (Wildman–Crippen LogP) is 3.50. The molecule has 1 N–H and O–H groups in total. The molecular formula is C23H24N2O5. The van der Waals surface area contributed by atoms with E-state index in [1.165, 1.54) is 7.11 Å². The summed E-state index contributed by atoms with van der Waals surface area (Å²) in [5.41, 5.74) is -0.0357. The van der Waals surface area contributed by atoms with Gasteiger partial charge >= 0.3 is 5.97 Å². The number of methoxy groups -OCH3 is 2. The summed E-state index contributed by atoms with van der Waals surface area (Å²) in [4.78, 5) is 29.2. The lowest BCUT2D eigenvalue weighted by atomic mass is 10.0. The van der Waals surface area contributed by atoms with Crippen molar-refractivity contribution in [2.75, 3.05) is 14.2 Å². The highest BCUT2D eigenvalue weighted by molar-refractivity contribution is 6.05. The van der Waals surface area contributed by atoms with E-state index in [0.29, 0.717) is 17.2 Å². The molecule has 0 aliphatic heterocycles. The van der Waals surface area contributed by atoms with Crippen LogP contribution in [0.25, 0.3) is 10.8 Å². The van der Waals surface area contributed by atoms with Gasteiger partial charge in [0, 0.05) is 23.2 Å². The molecule has 0 atom stereocenters. The molecule has 0 unspecified atom stereocenters. The summed E-state index contributed by atoms with van der Waals surface area (Å²) in [6.07, 6.45) is 1.66. The van der Waals surface area contributed by atoms with Gasteiger partial charge in [0.2, 0.25) is 5.88 Å². The molecule has 1 amide bonds. The van der Waals surface area contributed by atoms with Crippen LogP contribution in [0.3, 0.4) is 0 Å². The fourth-order valence-corrected chi connectivity index (χ4v) is 3.01. The van der Waals surface area contributed by atoms with Crippen LogP contribution < -0.4 is 14.8 Å². The summed E-state index contributed by atoms with van der Waals surface area (Å²) in [7, 11) is 2.83. The Labute approximate surface area is 175 Å². The highest BCUT2D eigenvalue weighted by Gasteiger charge is 2.32. The molecule has 7 heteroatoms. The number of rotatable bonds is 7. The maximum Gasteiger partial charge on any atom is 0.330 e. The van der Waals surface area contributed by atoms with Crippen LogP contribution in [0.5, 0.6) is 11.6 Å². The summed E-state index contributed by atoms with van der Waals surface area (Å²) >= 11 is 0. The maximum absolute atomic E-state index is 13.0. The number of nitrogens with one attached hydrogen (secondary N) is 1. The summed E-state index contributed by atoms with van der Waals surface area (Å²) in [5.74, 6) is -0.0291. The molecule has 2 aromatic carbocycles. The third-order valence-corrected chi connectivity index (χ3v) is 4.64. The molecule has 0 saturated carbocycles. The molecular weight excluding hydrogens is 384 g/mol. The molecule has 1 aromatic heterocycles. The minimum absolute atomic E-state index is 0.214. The maximum atomic E-state index is 13.0. The number of fused-ring (bicyclic) bond motifs is 1. The zero-order chi connectivity index (χ0) is 21.7. The number of hydrogen-bond donors (Lipinski definition) is 1. The average molecular weight is 408 g/mol. The summed E-state index contributed by atoms with van der Waals surface area (Å²) in [6, 6.07) is 14.7. The number of benzene rings is 2. The van der Waals surface area contributed by atoms with E-state index in [9.17, 15) is 9.59 Å². The molecule has 1 heterocycles. The summed E-state index contributed by atoms with van der Waals surface area (Å²) < 4.78 is 15.9. The Hall–Kier alpha value is -3.61. The van der Waals surface area contributed by atoms with E-state index in [-0.39, 0.29) is 6.61 Å². The van der Waals surface area contributed by atoms with Crippen molar-refractivity contribution in [3.8, 4) is 11.6 Å². The standard InChI is InChI=1S/C23H24N2O5/c1-23(2,22(27)29-4)25-21(26)18-11-10-16-7-5-6-8-17(16)20(18)30-14-15-9-12-19(28-3)24-13-15/h5-13H,14H2,1-4H3,(H,25,26). The van der Waals surface area contributed by atoms with Crippen molar-refractivity contribution in [1.82, 2.24) is 10.3 Å². The first-order valence-electron chi connectivity index (χ1n) is 9.40. The number of esters is 1. The Morgan fingerprint density at radius 2 is 1.80 bits per heavy atom. The minimum atomic E-state index is -1.19. The van der Waals surface area contributed by atoms with Gasteiger partial charge in [-0.15, -0.1) is 0 Å². The van der Waals surface area contributed by atoms with Gasteiger partial charge in [-0.25, -0.2) is 9.78 Å². The molecule has 0 radical (unpaired) electrons. The lowest BCUT2D eigenvalue weighted by Crippen LogP contribution is -2.50. The van der Waals surface area contributed by atoms with E-state index in [1.54, 1.807) is 39.3 Å². The van der Waals surface area contributed by atoms with Gasteiger partial charge in [0.05, 0.1) is 19.8 Å². The quantitative estimate of drug-likeness (QED) is 0.602. The van der Waals surface area contributed by atoms with Gasteiger partial charge in [-0.2, -0.15) is 0 Å². The lowest BCUT2D eigenvalue weighted by Gasteiger charge is -2.24. The molecule has 0 saturated heterocycles. The molecule has 3 rings (SSSR count). The van der Waals surface area contributed by atoms with Crippen molar-refractivity contribution in [3.05, 3.63) is 65.9 Å². The van der Waals surface area contributed by atoms with E-state index < -0.39 is 17.4 Å². The molecule has 7 nitrogen and oxygen atoms in total. The highest BCUT2D eigenvalue weighted by atomic mass is 16.5. The molecule has 0 spiro atoms. The largest absolute Gasteiger partial charge is 0.487 e. The first-order valence-corrected chi connectivity index (χ1v) is 9.40. The highest BCUT2D eigenvalue weighted by Crippen LogP contribution is 2.31. The molecule has 0 bridgehead atoms. The van der Waals surface area contributed by atoms with Gasteiger partial charge in [0.1, 0.15) is 17.9 Å². The lowest BCUT2D eigenvalue weighted by molar-refractivity contribution is -0.146. The van der Waals surface area contributed by atoms with Crippen LogP contribution in [0, 0.1) is 0 Å². The first kappa shape index (κ1) is 21.1. The number of ether oxygens (including phenoxy) is 3. The van der Waals surface area contributed by atoms with Crippen molar-refractivity contribution < 1.29 is 23.8 Å². The normalized spacial score (nSPS) is 11.1. The summed E-state index contributed by atoms with van der Waals surface area (Å²) in [6.45, 7) is 3.38. The van der Waals surface area contributed by atoms with Gasteiger partial charge < -0.3 is 19.5 Å². The third kappa shape index (κ3) is 4.51. The number of carbonyl (C=O) groups excluding carboxylic acids is 2. The molecule has 3 aromatic rings. The second-order valence-electron chi connectivity index (χ2n) is 7.23. The Morgan fingerprint density at radius 3 is 2.47 bits per heavy atom. The predicted molar refractivity (Wildman–Crippen MR) is 113 cm³/mol. The summed E-state index contributed by atoms with van der Waals surface area (Å²) in [5, 5.41) is 4.45. The number of pyridine rings is 1. The molecule has 0 aliphatic carbocycles. The zero-order valence-corrected chi connectivity index (χ0v) is 17.4. The second-order valence-corrected chi connectivity index (χ2v) is 7.23. The van der Waals surface area contributed by atoms with E-state index in [0.717, 1.165) is 16.3 Å². The van der Waals surface area contributed by atoms with Gasteiger partial charge in [0.25, 0.3) is 5.91 Å². The Bertz CT molecular complexity index is 1060. The van der Waals surface area contributed by atoms with Crippen LogP contribution in [0.2, 0.25) is 0 Å². The van der Waals surface area contributed by atoms with E-state index >= 15 is 0 Å².